The van der Waals surface area contributed by atoms with E-state index in [-0.39, 0.29) is 5.75 Å². The lowest BCUT2D eigenvalue weighted by molar-refractivity contribution is 0.349. The Kier molecular flexibility index (Phi) is 2.45. The average Bonchev–Trinajstić information content (AvgIpc) is 2.04. The summed E-state index contributed by atoms with van der Waals surface area (Å²) in [7, 11) is 0. The van der Waals surface area contributed by atoms with Crippen molar-refractivity contribution in [2.24, 2.45) is 0 Å². The molecule has 0 heterocycles. The second kappa shape index (κ2) is 4.02. The Labute approximate surface area is 69.1 Å². The molecule has 0 atom stereocenters. The van der Waals surface area contributed by atoms with Gasteiger partial charge in [0.05, 0.1) is 1.37 Å². The minimum absolute atomic E-state index is 0.0101. The topological polar surface area (TPSA) is 19.9 Å². The van der Waals surface area contributed by atoms with Crippen molar-refractivity contribution in [3.63, 3.8) is 0 Å². The van der Waals surface area contributed by atoms with Crippen LogP contribution in [0.25, 0.3) is 0 Å². The van der Waals surface area contributed by atoms with E-state index in [2.05, 4.69) is 6.92 Å². The van der Waals surface area contributed by atoms with Gasteiger partial charge in [-0.2, -0.15) is 0 Å². The van der Waals surface area contributed by atoms with E-state index in [1.165, 1.54) is 6.07 Å². The summed E-state index contributed by atoms with van der Waals surface area (Å²) in [6.45, 7) is 2.08. The third kappa shape index (κ3) is 2.26. The SMILES string of the molecule is [3H]c1cccc([O])c1CCCC. The summed E-state index contributed by atoms with van der Waals surface area (Å²) < 4.78 is 7.49. The zero-order valence-corrected chi connectivity index (χ0v) is 6.76. The molecule has 0 aliphatic heterocycles. The lowest BCUT2D eigenvalue weighted by atomic mass is 10.1. The van der Waals surface area contributed by atoms with E-state index in [0.29, 0.717) is 11.6 Å². The Bertz CT molecular complexity index is 238. The van der Waals surface area contributed by atoms with Crippen molar-refractivity contribution in [2.75, 3.05) is 0 Å². The van der Waals surface area contributed by atoms with Crippen molar-refractivity contribution in [3.8, 4) is 5.75 Å². The van der Waals surface area contributed by atoms with Crippen molar-refractivity contribution >= 4 is 0 Å². The average molecular weight is 151 g/mol. The highest BCUT2D eigenvalue weighted by Crippen LogP contribution is 2.18. The second-order valence-electron chi connectivity index (χ2n) is 2.62. The highest BCUT2D eigenvalue weighted by Gasteiger charge is 1.98. The molecule has 0 unspecified atom stereocenters. The molecule has 0 aliphatic carbocycles. The number of benzene rings is 1. The van der Waals surface area contributed by atoms with Gasteiger partial charge in [0.25, 0.3) is 0 Å². The summed E-state index contributed by atoms with van der Waals surface area (Å²) in [5.41, 5.74) is 0.666. The minimum Gasteiger partial charge on any atom is -0.290 e. The molecule has 1 aromatic rings. The molecule has 59 valence electrons. The van der Waals surface area contributed by atoms with Gasteiger partial charge in [-0.25, -0.2) is 0 Å². The molecular formula is C10H13O. The summed E-state index contributed by atoms with van der Waals surface area (Å²) in [6, 6.07) is 5.23. The van der Waals surface area contributed by atoms with Crippen LogP contribution < -0.4 is 0 Å². The Morgan fingerprint density at radius 1 is 1.55 bits per heavy atom. The largest absolute Gasteiger partial charge is 0.290 e. The first-order valence-corrected chi connectivity index (χ1v) is 4.01. The molecule has 1 heteroatoms. The van der Waals surface area contributed by atoms with Gasteiger partial charge in [-0.1, -0.05) is 31.5 Å². The van der Waals surface area contributed by atoms with E-state index in [9.17, 15) is 5.11 Å². The minimum atomic E-state index is 0.0101. The quantitative estimate of drug-likeness (QED) is 0.632. The van der Waals surface area contributed by atoms with Crippen molar-refractivity contribution in [3.05, 3.63) is 29.8 Å². The summed E-state index contributed by atoms with van der Waals surface area (Å²) in [5, 5.41) is 11.2. The normalized spacial score (nSPS) is 11.2. The first kappa shape index (κ1) is 6.71. The van der Waals surface area contributed by atoms with Crippen molar-refractivity contribution in [1.29, 1.82) is 0 Å². The Balaban J connectivity index is 2.81. The summed E-state index contributed by atoms with van der Waals surface area (Å²) in [5.74, 6) is 0.0101. The smallest absolute Gasteiger partial charge is 0.181 e. The molecule has 0 aromatic heterocycles. The van der Waals surface area contributed by atoms with Gasteiger partial charge in [-0.3, -0.25) is 5.11 Å². The number of rotatable bonds is 3. The number of hydrogen-bond acceptors (Lipinski definition) is 0. The van der Waals surface area contributed by atoms with Crippen LogP contribution in [0.4, 0.5) is 0 Å². The Hall–Kier alpha value is -0.980. The molecule has 0 saturated carbocycles. The van der Waals surface area contributed by atoms with Gasteiger partial charge in [0.2, 0.25) is 0 Å². The third-order valence-corrected chi connectivity index (χ3v) is 1.68. The summed E-state index contributed by atoms with van der Waals surface area (Å²) in [4.78, 5) is 0. The molecular weight excluding hydrogens is 136 g/mol. The zero-order chi connectivity index (χ0) is 8.97. The van der Waals surface area contributed by atoms with Crippen LogP contribution in [0.1, 0.15) is 26.7 Å². The summed E-state index contributed by atoms with van der Waals surface area (Å²) >= 11 is 0. The lowest BCUT2D eigenvalue weighted by Crippen LogP contribution is -1.83. The highest BCUT2D eigenvalue weighted by molar-refractivity contribution is 5.31. The van der Waals surface area contributed by atoms with Crippen molar-refractivity contribution < 1.29 is 6.48 Å². The van der Waals surface area contributed by atoms with Crippen molar-refractivity contribution in [2.45, 2.75) is 26.2 Å². The Morgan fingerprint density at radius 2 is 2.36 bits per heavy atom. The maximum atomic E-state index is 11.2. The molecule has 0 bridgehead atoms. The van der Waals surface area contributed by atoms with Gasteiger partial charge in [0.15, 0.2) is 5.75 Å². The molecule has 0 spiro atoms. The van der Waals surface area contributed by atoms with Crippen LogP contribution in [0.2, 0.25) is 0 Å². The molecule has 0 fully saturated rings. The molecule has 0 saturated heterocycles. The van der Waals surface area contributed by atoms with Gasteiger partial charge in [-0.15, -0.1) is 0 Å². The Morgan fingerprint density at radius 3 is 3.00 bits per heavy atom. The molecule has 1 nitrogen and oxygen atoms in total. The fourth-order valence-electron chi connectivity index (χ4n) is 1.00. The van der Waals surface area contributed by atoms with E-state index >= 15 is 0 Å². The first-order valence-electron chi connectivity index (χ1n) is 4.51. The number of hydrogen-bond donors (Lipinski definition) is 0. The van der Waals surface area contributed by atoms with E-state index in [1.54, 1.807) is 12.1 Å². The first-order chi connectivity index (χ1) is 5.75. The van der Waals surface area contributed by atoms with Crippen LogP contribution in [0.15, 0.2) is 24.2 Å². The van der Waals surface area contributed by atoms with Crippen molar-refractivity contribution in [1.82, 2.24) is 0 Å². The molecule has 0 amide bonds. The maximum absolute atomic E-state index is 11.2. The molecule has 1 radical (unpaired) electrons. The maximum Gasteiger partial charge on any atom is 0.181 e. The molecule has 11 heavy (non-hydrogen) atoms. The van der Waals surface area contributed by atoms with E-state index < -0.39 is 0 Å². The van der Waals surface area contributed by atoms with Gasteiger partial charge in [0, 0.05) is 0 Å². The van der Waals surface area contributed by atoms with Crippen LogP contribution in [0, 0.1) is 0 Å². The highest BCUT2D eigenvalue weighted by atomic mass is 16.3. The van der Waals surface area contributed by atoms with E-state index in [1.807, 2.05) is 0 Å². The molecule has 1 aromatic carbocycles. The number of para-hydroxylation sites is 1. The van der Waals surface area contributed by atoms with Crippen LogP contribution in [0.3, 0.4) is 0 Å². The zero-order valence-electron chi connectivity index (χ0n) is 7.76. The molecule has 0 N–H and O–H groups in total. The summed E-state index contributed by atoms with van der Waals surface area (Å²) in [6.07, 6.45) is 2.80. The van der Waals surface area contributed by atoms with Gasteiger partial charge >= 0.3 is 0 Å². The van der Waals surface area contributed by atoms with Gasteiger partial charge in [0.1, 0.15) is 0 Å². The lowest BCUT2D eigenvalue weighted by Gasteiger charge is -1.98. The van der Waals surface area contributed by atoms with Crippen LogP contribution in [-0.4, -0.2) is 0 Å². The number of unbranched alkanes of at least 4 members (excludes halogenated alkanes) is 1. The van der Waals surface area contributed by atoms with Gasteiger partial charge < -0.3 is 0 Å². The predicted octanol–water partition coefficient (Wildman–Crippen LogP) is 3.17. The predicted molar refractivity (Wildman–Crippen MR) is 45.2 cm³/mol. The second-order valence-corrected chi connectivity index (χ2v) is 2.62. The van der Waals surface area contributed by atoms with Crippen LogP contribution in [-0.2, 0) is 11.5 Å². The fraction of sp³-hybridized carbons (Fsp3) is 0.400. The third-order valence-electron chi connectivity index (χ3n) is 1.68. The van der Waals surface area contributed by atoms with E-state index in [0.717, 1.165) is 19.3 Å². The monoisotopic (exact) mass is 151 g/mol. The van der Waals surface area contributed by atoms with Crippen LogP contribution in [0.5, 0.6) is 5.75 Å². The molecule has 1 rings (SSSR count). The van der Waals surface area contributed by atoms with Crippen LogP contribution >= 0.6 is 0 Å². The van der Waals surface area contributed by atoms with E-state index in [4.69, 9.17) is 1.37 Å². The fourth-order valence-corrected chi connectivity index (χ4v) is 1.00. The standard InChI is InChI=1S/C10H13O/c1-2-3-6-9-7-4-5-8-10(9)11/h4-5,7-8H,2-3,6H2,1H3/i7T. The van der Waals surface area contributed by atoms with Gasteiger partial charge in [-0.05, 0) is 24.5 Å². The molecule has 0 aliphatic rings.